The van der Waals surface area contributed by atoms with Crippen LogP contribution in [0.15, 0.2) is 28.8 Å². The van der Waals surface area contributed by atoms with Crippen molar-refractivity contribution in [2.24, 2.45) is 0 Å². The van der Waals surface area contributed by atoms with Gasteiger partial charge >= 0.3 is 0 Å². The first-order valence-corrected chi connectivity index (χ1v) is 8.13. The number of hydrogen-bond donors (Lipinski definition) is 0. The number of halogens is 1. The molecule has 1 unspecified atom stereocenters. The third-order valence-corrected chi connectivity index (χ3v) is 4.09. The predicted octanol–water partition coefficient (Wildman–Crippen LogP) is 2.77. The number of ether oxygens (including phenoxy) is 1. The number of benzene rings is 1. The minimum atomic E-state index is -0.497. The van der Waals surface area contributed by atoms with Crippen molar-refractivity contribution in [3.8, 4) is 0 Å². The van der Waals surface area contributed by atoms with Crippen LogP contribution in [0, 0.1) is 5.82 Å². The molecular formula is C17H20FN3O3. The lowest BCUT2D eigenvalue weighted by Crippen LogP contribution is -2.39. The third-order valence-electron chi connectivity index (χ3n) is 4.09. The Labute approximate surface area is 139 Å². The Bertz CT molecular complexity index is 704. The summed E-state index contributed by atoms with van der Waals surface area (Å²) in [6, 6.07) is 6.05. The highest BCUT2D eigenvalue weighted by Crippen LogP contribution is 2.26. The number of carbonyl (C=O) groups excluding carboxylic acids is 1. The molecule has 1 aliphatic heterocycles. The van der Waals surface area contributed by atoms with Crippen molar-refractivity contribution >= 4 is 5.91 Å². The monoisotopic (exact) mass is 333 g/mol. The maximum absolute atomic E-state index is 13.8. The number of hydrogen-bond acceptors (Lipinski definition) is 5. The fourth-order valence-corrected chi connectivity index (χ4v) is 2.86. The number of likely N-dealkylation sites (tertiary alicyclic amines) is 1. The predicted molar refractivity (Wildman–Crippen MR) is 83.9 cm³/mol. The summed E-state index contributed by atoms with van der Waals surface area (Å²) in [5.74, 6) is 0.216. The number of amides is 1. The van der Waals surface area contributed by atoms with E-state index in [4.69, 9.17) is 9.26 Å². The van der Waals surface area contributed by atoms with Crippen LogP contribution >= 0.6 is 0 Å². The lowest BCUT2D eigenvalue weighted by atomic mass is 9.96. The zero-order chi connectivity index (χ0) is 16.9. The molecule has 1 aromatic heterocycles. The Morgan fingerprint density at radius 2 is 2.29 bits per heavy atom. The van der Waals surface area contributed by atoms with Gasteiger partial charge in [0.2, 0.25) is 0 Å². The maximum Gasteiger partial charge on any atom is 0.256 e. The van der Waals surface area contributed by atoms with Crippen LogP contribution in [0.5, 0.6) is 0 Å². The Kier molecular flexibility index (Phi) is 5.20. The number of aromatic nitrogens is 2. The summed E-state index contributed by atoms with van der Waals surface area (Å²) < 4.78 is 24.3. The van der Waals surface area contributed by atoms with Crippen molar-refractivity contribution < 1.29 is 18.4 Å². The van der Waals surface area contributed by atoms with E-state index in [1.807, 2.05) is 6.92 Å². The van der Waals surface area contributed by atoms with E-state index in [0.717, 1.165) is 12.8 Å². The molecule has 2 aromatic rings. The van der Waals surface area contributed by atoms with E-state index in [0.29, 0.717) is 31.4 Å². The van der Waals surface area contributed by atoms with Crippen molar-refractivity contribution in [3.63, 3.8) is 0 Å². The maximum atomic E-state index is 13.8. The molecule has 128 valence electrons. The summed E-state index contributed by atoms with van der Waals surface area (Å²) in [7, 11) is 0. The summed E-state index contributed by atoms with van der Waals surface area (Å²) in [5, 5.41) is 4.00. The minimum Gasteiger partial charge on any atom is -0.372 e. The molecule has 1 saturated heterocycles. The highest BCUT2D eigenvalue weighted by molar-refractivity contribution is 5.94. The van der Waals surface area contributed by atoms with Gasteiger partial charge in [-0.3, -0.25) is 4.79 Å². The van der Waals surface area contributed by atoms with E-state index in [9.17, 15) is 9.18 Å². The van der Waals surface area contributed by atoms with Crippen LogP contribution in [0.4, 0.5) is 4.39 Å². The summed E-state index contributed by atoms with van der Waals surface area (Å²) in [5.41, 5.74) is 0.100. The Morgan fingerprint density at radius 1 is 1.46 bits per heavy atom. The molecule has 7 heteroatoms. The molecule has 1 atom stereocenters. The Morgan fingerprint density at radius 3 is 3.08 bits per heavy atom. The second kappa shape index (κ2) is 7.53. The number of piperidine rings is 1. The second-order valence-electron chi connectivity index (χ2n) is 5.75. The molecule has 0 radical (unpaired) electrons. The first-order valence-electron chi connectivity index (χ1n) is 8.13. The molecule has 24 heavy (non-hydrogen) atoms. The zero-order valence-corrected chi connectivity index (χ0v) is 13.6. The lowest BCUT2D eigenvalue weighted by Gasteiger charge is -2.31. The molecule has 3 rings (SSSR count). The molecule has 1 aliphatic rings. The Hall–Kier alpha value is -2.28. The van der Waals surface area contributed by atoms with Gasteiger partial charge in [0.25, 0.3) is 11.8 Å². The molecule has 6 nitrogen and oxygen atoms in total. The van der Waals surface area contributed by atoms with Crippen LogP contribution in [0.1, 0.15) is 47.8 Å². The second-order valence-corrected chi connectivity index (χ2v) is 5.75. The summed E-state index contributed by atoms with van der Waals surface area (Å²) >= 11 is 0. The van der Waals surface area contributed by atoms with Crippen LogP contribution < -0.4 is 0 Å². The van der Waals surface area contributed by atoms with Crippen molar-refractivity contribution in [1.82, 2.24) is 15.0 Å². The van der Waals surface area contributed by atoms with E-state index in [1.165, 1.54) is 12.1 Å². The highest BCUT2D eigenvalue weighted by Gasteiger charge is 2.29. The van der Waals surface area contributed by atoms with Crippen molar-refractivity contribution in [2.45, 2.75) is 32.3 Å². The molecule has 0 N–H and O–H groups in total. The van der Waals surface area contributed by atoms with Crippen LogP contribution in [-0.4, -0.2) is 40.6 Å². The minimum absolute atomic E-state index is 0.00593. The largest absolute Gasteiger partial charge is 0.372 e. The standard InChI is InChI=1S/C17H20FN3O3/c1-2-23-11-15-19-16(20-24-15)12-6-5-9-21(10-12)17(22)13-7-3-4-8-14(13)18/h3-4,7-8,12H,2,5-6,9-11H2,1H3. The van der Waals surface area contributed by atoms with Gasteiger partial charge in [-0.05, 0) is 31.9 Å². The molecule has 0 spiro atoms. The molecular weight excluding hydrogens is 313 g/mol. The van der Waals surface area contributed by atoms with Gasteiger partial charge in [0.05, 0.1) is 5.56 Å². The molecule has 0 saturated carbocycles. The summed E-state index contributed by atoms with van der Waals surface area (Å²) in [4.78, 5) is 18.5. The van der Waals surface area contributed by atoms with Crippen molar-refractivity contribution in [1.29, 1.82) is 0 Å². The Balaban J connectivity index is 1.69. The van der Waals surface area contributed by atoms with E-state index in [2.05, 4.69) is 10.1 Å². The third kappa shape index (κ3) is 3.62. The highest BCUT2D eigenvalue weighted by atomic mass is 19.1. The molecule has 1 aromatic carbocycles. The van der Waals surface area contributed by atoms with Crippen LogP contribution in [0.25, 0.3) is 0 Å². The fourth-order valence-electron chi connectivity index (χ4n) is 2.86. The van der Waals surface area contributed by atoms with Gasteiger partial charge in [0.15, 0.2) is 5.82 Å². The summed E-state index contributed by atoms with van der Waals surface area (Å²) in [6.45, 7) is 3.82. The zero-order valence-electron chi connectivity index (χ0n) is 13.6. The van der Waals surface area contributed by atoms with Gasteiger partial charge in [-0.15, -0.1) is 0 Å². The van der Waals surface area contributed by atoms with E-state index < -0.39 is 5.82 Å². The lowest BCUT2D eigenvalue weighted by molar-refractivity contribution is 0.0699. The normalized spacial score (nSPS) is 17.9. The van der Waals surface area contributed by atoms with Gasteiger partial charge in [-0.25, -0.2) is 4.39 Å². The van der Waals surface area contributed by atoms with E-state index in [-0.39, 0.29) is 24.0 Å². The first kappa shape index (κ1) is 16.6. The van der Waals surface area contributed by atoms with Crippen molar-refractivity contribution in [3.05, 3.63) is 47.4 Å². The SMILES string of the molecule is CCOCc1nc(C2CCCN(C(=O)c3ccccc3F)C2)no1. The van der Waals surface area contributed by atoms with Gasteiger partial charge < -0.3 is 14.2 Å². The fraction of sp³-hybridized carbons (Fsp3) is 0.471. The van der Waals surface area contributed by atoms with E-state index >= 15 is 0 Å². The molecule has 1 amide bonds. The summed E-state index contributed by atoms with van der Waals surface area (Å²) in [6.07, 6.45) is 1.69. The van der Waals surface area contributed by atoms with Gasteiger partial charge in [-0.1, -0.05) is 17.3 Å². The number of nitrogens with zero attached hydrogens (tertiary/aromatic N) is 3. The molecule has 0 aliphatic carbocycles. The molecule has 2 heterocycles. The average Bonchev–Trinajstić information content (AvgIpc) is 3.09. The van der Waals surface area contributed by atoms with Gasteiger partial charge in [0.1, 0.15) is 12.4 Å². The number of carbonyl (C=O) groups is 1. The van der Waals surface area contributed by atoms with E-state index in [1.54, 1.807) is 17.0 Å². The average molecular weight is 333 g/mol. The van der Waals surface area contributed by atoms with Gasteiger partial charge in [-0.2, -0.15) is 4.98 Å². The molecule has 1 fully saturated rings. The van der Waals surface area contributed by atoms with Crippen LogP contribution in [-0.2, 0) is 11.3 Å². The topological polar surface area (TPSA) is 68.5 Å². The van der Waals surface area contributed by atoms with Crippen LogP contribution in [0.2, 0.25) is 0 Å². The van der Waals surface area contributed by atoms with Gasteiger partial charge in [0, 0.05) is 25.6 Å². The quantitative estimate of drug-likeness (QED) is 0.841. The van der Waals surface area contributed by atoms with Crippen molar-refractivity contribution in [2.75, 3.05) is 19.7 Å². The smallest absolute Gasteiger partial charge is 0.256 e. The molecule has 0 bridgehead atoms. The number of rotatable bonds is 5. The van der Waals surface area contributed by atoms with Crippen LogP contribution in [0.3, 0.4) is 0 Å². The first-order chi connectivity index (χ1) is 11.7.